The number of nitrogens with one attached hydrogen (secondary N) is 1. The number of anilines is 1. The molecule has 172 valence electrons. The number of carbonyl (C=O) groups is 1. The molecule has 0 atom stereocenters. The van der Waals surface area contributed by atoms with Crippen LogP contribution in [0.5, 0.6) is 0 Å². The molecular weight excluding hydrogens is 436 g/mol. The monoisotopic (exact) mass is 464 g/mol. The van der Waals surface area contributed by atoms with Crippen LogP contribution in [0.25, 0.3) is 0 Å². The van der Waals surface area contributed by atoms with Gasteiger partial charge in [-0.1, -0.05) is 29.8 Å². The molecule has 0 bridgehead atoms. The molecule has 4 rings (SSSR count). The molecule has 7 nitrogen and oxygen atoms in total. The first kappa shape index (κ1) is 22.9. The number of pyridine rings is 1. The quantitative estimate of drug-likeness (QED) is 0.604. The van der Waals surface area contributed by atoms with Crippen LogP contribution in [0.15, 0.2) is 71.8 Å². The zero-order valence-corrected chi connectivity index (χ0v) is 19.7. The fraction of sp³-hybridized carbons (Fsp3) is 0.280. The zero-order valence-electron chi connectivity index (χ0n) is 18.9. The number of amides is 1. The van der Waals surface area contributed by atoms with Crippen molar-refractivity contribution in [3.8, 4) is 0 Å². The van der Waals surface area contributed by atoms with Crippen molar-refractivity contribution in [2.75, 3.05) is 30.9 Å². The molecule has 33 heavy (non-hydrogen) atoms. The van der Waals surface area contributed by atoms with Crippen LogP contribution in [-0.4, -0.2) is 55.3 Å². The lowest BCUT2D eigenvalue weighted by Gasteiger charge is -2.34. The van der Waals surface area contributed by atoms with Crippen LogP contribution >= 0.6 is 0 Å². The second kappa shape index (κ2) is 9.72. The molecule has 8 heteroatoms. The number of piperazine rings is 1. The van der Waals surface area contributed by atoms with Crippen molar-refractivity contribution in [1.29, 1.82) is 0 Å². The first-order valence-electron chi connectivity index (χ1n) is 10.9. The fourth-order valence-electron chi connectivity index (χ4n) is 3.83. The third-order valence-corrected chi connectivity index (χ3v) is 7.20. The number of carbonyl (C=O) groups excluding carboxylic acids is 1. The van der Waals surface area contributed by atoms with Gasteiger partial charge in [-0.25, -0.2) is 8.42 Å². The minimum Gasteiger partial charge on any atom is -0.336 e. The summed E-state index contributed by atoms with van der Waals surface area (Å²) < 4.78 is 28.4. The Morgan fingerprint density at radius 3 is 2.36 bits per heavy atom. The number of rotatable bonds is 6. The number of aryl methyl sites for hydroxylation is 2. The highest BCUT2D eigenvalue weighted by atomic mass is 32.2. The molecule has 1 aliphatic rings. The van der Waals surface area contributed by atoms with Crippen LogP contribution in [0.3, 0.4) is 0 Å². The van der Waals surface area contributed by atoms with Gasteiger partial charge < -0.3 is 4.90 Å². The van der Waals surface area contributed by atoms with Gasteiger partial charge in [-0.05, 0) is 55.8 Å². The normalized spacial score (nSPS) is 14.8. The van der Waals surface area contributed by atoms with E-state index in [1.807, 2.05) is 44.2 Å². The molecule has 1 aromatic heterocycles. The van der Waals surface area contributed by atoms with Crippen LogP contribution < -0.4 is 4.72 Å². The molecule has 0 saturated carbocycles. The number of benzene rings is 2. The topological polar surface area (TPSA) is 82.6 Å². The minimum absolute atomic E-state index is 0.0748. The molecule has 0 aliphatic carbocycles. The fourth-order valence-corrected chi connectivity index (χ4v) is 4.92. The van der Waals surface area contributed by atoms with Crippen LogP contribution in [0.2, 0.25) is 0 Å². The Bertz CT molecular complexity index is 1220. The van der Waals surface area contributed by atoms with E-state index in [1.54, 1.807) is 29.3 Å². The molecule has 1 fully saturated rings. The van der Waals surface area contributed by atoms with Crippen molar-refractivity contribution in [2.24, 2.45) is 0 Å². The van der Waals surface area contributed by atoms with Gasteiger partial charge in [0, 0.05) is 50.2 Å². The van der Waals surface area contributed by atoms with E-state index >= 15 is 0 Å². The standard InChI is InChI=1S/C25H28N4O3S/c1-19-6-9-21(10-7-19)27-33(31,32)23-11-8-20(2)24(17-23)25(30)29-15-13-28(14-16-29)18-22-5-3-4-12-26-22/h3-12,17,27H,13-16,18H2,1-2H3. The summed E-state index contributed by atoms with van der Waals surface area (Å²) in [4.78, 5) is 21.7. The highest BCUT2D eigenvalue weighted by Gasteiger charge is 2.25. The number of nitrogens with zero attached hydrogens (tertiary/aromatic N) is 3. The maximum atomic E-state index is 13.2. The van der Waals surface area contributed by atoms with E-state index in [9.17, 15) is 13.2 Å². The minimum atomic E-state index is -3.81. The van der Waals surface area contributed by atoms with Crippen molar-refractivity contribution in [3.63, 3.8) is 0 Å². The Kier molecular flexibility index (Phi) is 6.76. The number of hydrogen-bond donors (Lipinski definition) is 1. The summed E-state index contributed by atoms with van der Waals surface area (Å²) >= 11 is 0. The maximum Gasteiger partial charge on any atom is 0.261 e. The zero-order chi connectivity index (χ0) is 23.4. The van der Waals surface area contributed by atoms with Crippen LogP contribution in [0.1, 0.15) is 27.2 Å². The number of aromatic nitrogens is 1. The molecule has 0 spiro atoms. The van der Waals surface area contributed by atoms with Gasteiger partial charge in [0.2, 0.25) is 0 Å². The summed E-state index contributed by atoms with van der Waals surface area (Å²) in [5.74, 6) is -0.141. The molecule has 1 amide bonds. The predicted octanol–water partition coefficient (Wildman–Crippen LogP) is 3.46. The largest absolute Gasteiger partial charge is 0.336 e. The second-order valence-electron chi connectivity index (χ2n) is 8.34. The Balaban J connectivity index is 1.45. The lowest BCUT2D eigenvalue weighted by molar-refractivity contribution is 0.0626. The van der Waals surface area contributed by atoms with E-state index in [4.69, 9.17) is 0 Å². The highest BCUT2D eigenvalue weighted by Crippen LogP contribution is 2.21. The summed E-state index contributed by atoms with van der Waals surface area (Å²) in [6, 6.07) is 17.7. The lowest BCUT2D eigenvalue weighted by Crippen LogP contribution is -2.48. The summed E-state index contributed by atoms with van der Waals surface area (Å²) in [5, 5.41) is 0. The summed E-state index contributed by atoms with van der Waals surface area (Å²) in [6.45, 7) is 7.18. The van der Waals surface area contributed by atoms with Gasteiger partial charge in [-0.3, -0.25) is 19.4 Å². The Labute approximate surface area is 195 Å². The maximum absolute atomic E-state index is 13.2. The summed E-state index contributed by atoms with van der Waals surface area (Å²) in [6.07, 6.45) is 1.78. The van der Waals surface area contributed by atoms with Crippen molar-refractivity contribution >= 4 is 21.6 Å². The van der Waals surface area contributed by atoms with Gasteiger partial charge in [0.15, 0.2) is 0 Å². The Hall–Kier alpha value is -3.23. The third-order valence-electron chi connectivity index (χ3n) is 5.82. The van der Waals surface area contributed by atoms with Crippen molar-refractivity contribution in [3.05, 3.63) is 89.2 Å². The average molecular weight is 465 g/mol. The molecule has 1 aliphatic heterocycles. The van der Waals surface area contributed by atoms with E-state index in [0.29, 0.717) is 24.3 Å². The highest BCUT2D eigenvalue weighted by molar-refractivity contribution is 7.92. The van der Waals surface area contributed by atoms with Crippen molar-refractivity contribution in [1.82, 2.24) is 14.8 Å². The van der Waals surface area contributed by atoms with Gasteiger partial charge in [0.05, 0.1) is 10.6 Å². The Morgan fingerprint density at radius 1 is 0.970 bits per heavy atom. The first-order chi connectivity index (χ1) is 15.8. The summed E-state index contributed by atoms with van der Waals surface area (Å²) in [5.41, 5.74) is 3.71. The summed E-state index contributed by atoms with van der Waals surface area (Å²) in [7, 11) is -3.81. The van der Waals surface area contributed by atoms with E-state index in [0.717, 1.165) is 36.5 Å². The van der Waals surface area contributed by atoms with Crippen LogP contribution in [0, 0.1) is 13.8 Å². The van der Waals surface area contributed by atoms with Gasteiger partial charge in [-0.15, -0.1) is 0 Å². The third kappa shape index (κ3) is 5.58. The van der Waals surface area contributed by atoms with Gasteiger partial charge in [0.1, 0.15) is 0 Å². The van der Waals surface area contributed by atoms with E-state index in [-0.39, 0.29) is 10.8 Å². The molecule has 1 N–H and O–H groups in total. The van der Waals surface area contributed by atoms with E-state index < -0.39 is 10.0 Å². The molecule has 2 aromatic carbocycles. The average Bonchev–Trinajstić information content (AvgIpc) is 2.81. The number of sulfonamides is 1. The molecular formula is C25H28N4O3S. The second-order valence-corrected chi connectivity index (χ2v) is 10.0. The number of hydrogen-bond acceptors (Lipinski definition) is 5. The molecule has 0 unspecified atom stereocenters. The van der Waals surface area contributed by atoms with Gasteiger partial charge in [0.25, 0.3) is 15.9 Å². The van der Waals surface area contributed by atoms with Crippen LogP contribution in [-0.2, 0) is 16.6 Å². The van der Waals surface area contributed by atoms with Gasteiger partial charge >= 0.3 is 0 Å². The molecule has 2 heterocycles. The molecule has 1 saturated heterocycles. The van der Waals surface area contributed by atoms with Crippen molar-refractivity contribution in [2.45, 2.75) is 25.3 Å². The SMILES string of the molecule is Cc1ccc(NS(=O)(=O)c2ccc(C)c(C(=O)N3CCN(Cc4ccccn4)CC3)c2)cc1. The first-order valence-corrected chi connectivity index (χ1v) is 12.4. The van der Waals surface area contributed by atoms with Crippen molar-refractivity contribution < 1.29 is 13.2 Å². The van der Waals surface area contributed by atoms with E-state index in [2.05, 4.69) is 14.6 Å². The molecule has 3 aromatic rings. The van der Waals surface area contributed by atoms with Crippen LogP contribution in [0.4, 0.5) is 5.69 Å². The predicted molar refractivity (Wildman–Crippen MR) is 129 cm³/mol. The lowest BCUT2D eigenvalue weighted by atomic mass is 10.1. The smallest absolute Gasteiger partial charge is 0.261 e. The van der Waals surface area contributed by atoms with E-state index in [1.165, 1.54) is 12.1 Å². The van der Waals surface area contributed by atoms with Gasteiger partial charge in [-0.2, -0.15) is 0 Å². The Morgan fingerprint density at radius 2 is 1.70 bits per heavy atom. The molecule has 0 radical (unpaired) electrons.